The summed E-state index contributed by atoms with van der Waals surface area (Å²) in [6, 6.07) is 2.05. The van der Waals surface area contributed by atoms with Crippen molar-refractivity contribution in [1.82, 2.24) is 0 Å². The van der Waals surface area contributed by atoms with Crippen LogP contribution in [-0.4, -0.2) is 0 Å². The Morgan fingerprint density at radius 1 is 1.38 bits per heavy atom. The van der Waals surface area contributed by atoms with Crippen LogP contribution in [-0.2, 0) is 0 Å². The molecule has 0 radical (unpaired) electrons. The van der Waals surface area contributed by atoms with E-state index in [1.165, 1.54) is 0 Å². The Hall–Kier alpha value is -1.16. The second kappa shape index (κ2) is 4.77. The highest BCUT2D eigenvalue weighted by Crippen LogP contribution is 2.29. The molecule has 13 heavy (non-hydrogen) atoms. The summed E-state index contributed by atoms with van der Waals surface area (Å²) < 4.78 is 0. The number of thioether (sulfide) groups is 1. The molecule has 0 unspecified atom stereocenters. The lowest BCUT2D eigenvalue weighted by atomic mass is 10.2. The van der Waals surface area contributed by atoms with Crippen molar-refractivity contribution >= 4 is 23.4 Å². The summed E-state index contributed by atoms with van der Waals surface area (Å²) in [4.78, 5) is 0.689. The Bertz CT molecular complexity index is 379. The van der Waals surface area contributed by atoms with E-state index in [0.717, 1.165) is 11.8 Å². The van der Waals surface area contributed by atoms with E-state index in [1.54, 1.807) is 18.2 Å². The van der Waals surface area contributed by atoms with Crippen LogP contribution in [0.3, 0.4) is 0 Å². The van der Waals surface area contributed by atoms with Crippen LogP contribution >= 0.6 is 23.4 Å². The maximum atomic E-state index is 8.63. The van der Waals surface area contributed by atoms with Crippen molar-refractivity contribution < 1.29 is 0 Å². The van der Waals surface area contributed by atoms with Crippen molar-refractivity contribution in [3.63, 3.8) is 0 Å². The number of halogens is 1. The molecule has 64 valence electrons. The first-order valence-corrected chi connectivity index (χ1v) is 4.70. The quantitative estimate of drug-likeness (QED) is 0.623. The normalized spacial score (nSPS) is 15.8. The summed E-state index contributed by atoms with van der Waals surface area (Å²) >= 11 is 6.86. The first kappa shape index (κ1) is 9.92. The third kappa shape index (κ3) is 2.66. The van der Waals surface area contributed by atoms with Gasteiger partial charge in [-0.15, -0.1) is 0 Å². The van der Waals surface area contributed by atoms with Crippen LogP contribution in [0.2, 0.25) is 0 Å². The lowest BCUT2D eigenvalue weighted by Crippen LogP contribution is -1.73. The second-order valence-corrected chi connectivity index (χ2v) is 3.52. The van der Waals surface area contributed by atoms with Gasteiger partial charge in [0.05, 0.1) is 11.1 Å². The SMILES string of the molecule is N#CSC1=CC=C(C#N)CC=C1Cl. The van der Waals surface area contributed by atoms with Gasteiger partial charge in [0, 0.05) is 16.9 Å². The van der Waals surface area contributed by atoms with Crippen molar-refractivity contribution in [1.29, 1.82) is 10.5 Å². The maximum absolute atomic E-state index is 8.63. The fourth-order valence-electron chi connectivity index (χ4n) is 0.839. The molecule has 0 saturated carbocycles. The number of nitriles is 2. The van der Waals surface area contributed by atoms with E-state index in [-0.39, 0.29) is 0 Å². The zero-order chi connectivity index (χ0) is 9.68. The zero-order valence-corrected chi connectivity index (χ0v) is 8.19. The molecule has 0 amide bonds. The molecule has 0 aliphatic heterocycles. The average molecular weight is 209 g/mol. The minimum absolute atomic E-state index is 0.529. The molecule has 1 rings (SSSR count). The van der Waals surface area contributed by atoms with Crippen molar-refractivity contribution in [2.45, 2.75) is 6.42 Å². The fraction of sp³-hybridized carbons (Fsp3) is 0.111. The Kier molecular flexibility index (Phi) is 3.64. The van der Waals surface area contributed by atoms with Gasteiger partial charge in [-0.3, -0.25) is 0 Å². The van der Waals surface area contributed by atoms with E-state index >= 15 is 0 Å². The topological polar surface area (TPSA) is 47.6 Å². The van der Waals surface area contributed by atoms with Gasteiger partial charge in [0.2, 0.25) is 0 Å². The Morgan fingerprint density at radius 3 is 2.77 bits per heavy atom. The van der Waals surface area contributed by atoms with Crippen LogP contribution < -0.4 is 0 Å². The highest BCUT2D eigenvalue weighted by molar-refractivity contribution is 8.07. The molecule has 0 heterocycles. The van der Waals surface area contributed by atoms with Crippen molar-refractivity contribution in [3.8, 4) is 11.5 Å². The van der Waals surface area contributed by atoms with Crippen LogP contribution in [0.4, 0.5) is 0 Å². The van der Waals surface area contributed by atoms with Crippen molar-refractivity contribution in [3.05, 3.63) is 33.7 Å². The molecule has 0 aromatic rings. The Labute approximate surface area is 85.8 Å². The number of nitrogens with zero attached hydrogens (tertiary/aromatic N) is 2. The Morgan fingerprint density at radius 2 is 2.15 bits per heavy atom. The fourth-order valence-corrected chi connectivity index (χ4v) is 1.51. The number of hydrogen-bond acceptors (Lipinski definition) is 3. The number of hydrogen-bond donors (Lipinski definition) is 0. The van der Waals surface area contributed by atoms with Crippen LogP contribution in [0.5, 0.6) is 0 Å². The third-order valence-corrected chi connectivity index (χ3v) is 2.61. The molecule has 1 aliphatic carbocycles. The number of rotatable bonds is 1. The van der Waals surface area contributed by atoms with Gasteiger partial charge in [0.15, 0.2) is 0 Å². The molecular weight excluding hydrogens is 204 g/mol. The first-order chi connectivity index (χ1) is 6.27. The van der Waals surface area contributed by atoms with Crippen LogP contribution in [0.25, 0.3) is 0 Å². The van der Waals surface area contributed by atoms with Gasteiger partial charge in [0.25, 0.3) is 0 Å². The molecule has 0 aromatic carbocycles. The summed E-state index contributed by atoms with van der Waals surface area (Å²) in [5.41, 5.74) is 0.645. The number of thiocyanates is 1. The van der Waals surface area contributed by atoms with E-state index in [0.29, 0.717) is 21.9 Å². The minimum atomic E-state index is 0.529. The van der Waals surface area contributed by atoms with Gasteiger partial charge < -0.3 is 0 Å². The summed E-state index contributed by atoms with van der Waals surface area (Å²) in [5.74, 6) is 0. The van der Waals surface area contributed by atoms with E-state index in [1.807, 2.05) is 11.5 Å². The summed E-state index contributed by atoms with van der Waals surface area (Å²) in [5, 5.41) is 19.6. The van der Waals surface area contributed by atoms with E-state index < -0.39 is 0 Å². The van der Waals surface area contributed by atoms with Gasteiger partial charge in [-0.1, -0.05) is 17.7 Å². The van der Waals surface area contributed by atoms with E-state index in [2.05, 4.69) is 0 Å². The van der Waals surface area contributed by atoms with Gasteiger partial charge in [-0.05, 0) is 23.9 Å². The van der Waals surface area contributed by atoms with Gasteiger partial charge in [-0.2, -0.15) is 10.5 Å². The summed E-state index contributed by atoms with van der Waals surface area (Å²) in [6.45, 7) is 0. The van der Waals surface area contributed by atoms with Gasteiger partial charge in [0.1, 0.15) is 5.40 Å². The highest BCUT2D eigenvalue weighted by Gasteiger charge is 2.06. The smallest absolute Gasteiger partial charge is 0.138 e. The molecule has 4 heteroatoms. The lowest BCUT2D eigenvalue weighted by molar-refractivity contribution is 1.28. The monoisotopic (exact) mass is 208 g/mol. The van der Waals surface area contributed by atoms with Crippen LogP contribution in [0, 0.1) is 22.0 Å². The van der Waals surface area contributed by atoms with Crippen LogP contribution in [0.1, 0.15) is 6.42 Å². The summed E-state index contributed by atoms with van der Waals surface area (Å²) in [6.07, 6.45) is 5.64. The predicted molar refractivity (Wildman–Crippen MR) is 53.5 cm³/mol. The minimum Gasteiger partial charge on any atom is -0.193 e. The van der Waals surface area contributed by atoms with E-state index in [4.69, 9.17) is 22.1 Å². The number of allylic oxidation sites excluding steroid dienone is 5. The molecule has 0 spiro atoms. The molecule has 0 atom stereocenters. The highest BCUT2D eigenvalue weighted by atomic mass is 35.5. The predicted octanol–water partition coefficient (Wildman–Crippen LogP) is 3.06. The molecule has 2 nitrogen and oxygen atoms in total. The first-order valence-electron chi connectivity index (χ1n) is 3.51. The average Bonchev–Trinajstić information content (AvgIpc) is 2.31. The molecule has 0 N–H and O–H groups in total. The zero-order valence-electron chi connectivity index (χ0n) is 6.62. The van der Waals surface area contributed by atoms with Crippen molar-refractivity contribution in [2.75, 3.05) is 0 Å². The molecule has 0 aromatic heterocycles. The van der Waals surface area contributed by atoms with Crippen molar-refractivity contribution in [2.24, 2.45) is 0 Å². The molecule has 0 fully saturated rings. The lowest BCUT2D eigenvalue weighted by Gasteiger charge is -1.95. The summed E-state index contributed by atoms with van der Waals surface area (Å²) in [7, 11) is 0. The molecular formula is C9H5ClN2S. The Balaban J connectivity index is 2.95. The van der Waals surface area contributed by atoms with Crippen LogP contribution in [0.15, 0.2) is 33.7 Å². The maximum Gasteiger partial charge on any atom is 0.138 e. The van der Waals surface area contributed by atoms with Gasteiger partial charge >= 0.3 is 0 Å². The molecule has 0 bridgehead atoms. The second-order valence-electron chi connectivity index (χ2n) is 2.28. The van der Waals surface area contributed by atoms with Gasteiger partial charge in [-0.25, -0.2) is 0 Å². The third-order valence-electron chi connectivity index (χ3n) is 1.47. The molecule has 1 aliphatic rings. The largest absolute Gasteiger partial charge is 0.193 e. The van der Waals surface area contributed by atoms with E-state index in [9.17, 15) is 0 Å². The molecule has 0 saturated heterocycles. The standard InChI is InChI=1S/C9H5ClN2S/c10-8-3-1-7(5-11)2-4-9(8)13-6-12/h2-4H,1H2.